The summed E-state index contributed by atoms with van der Waals surface area (Å²) in [4.78, 5) is 27.2. The Morgan fingerprint density at radius 3 is 2.47 bits per heavy atom. The summed E-state index contributed by atoms with van der Waals surface area (Å²) in [5, 5.41) is 10.8. The molecule has 0 aliphatic carbocycles. The van der Waals surface area contributed by atoms with Crippen molar-refractivity contribution in [2.45, 2.75) is 31.6 Å². The Bertz CT molecular complexity index is 901. The molecule has 32 heavy (non-hydrogen) atoms. The molecule has 2 aromatic carbocycles. The first-order valence-corrected chi connectivity index (χ1v) is 10.6. The molecule has 170 valence electrons. The highest BCUT2D eigenvalue weighted by Gasteiger charge is 2.45. The summed E-state index contributed by atoms with van der Waals surface area (Å²) in [6.07, 6.45) is 1.29. The molecule has 0 aromatic heterocycles. The minimum absolute atomic E-state index is 0.0967. The van der Waals surface area contributed by atoms with Crippen molar-refractivity contribution in [1.29, 1.82) is 0 Å². The van der Waals surface area contributed by atoms with Crippen molar-refractivity contribution in [3.05, 3.63) is 77.9 Å². The summed E-state index contributed by atoms with van der Waals surface area (Å²) in [7, 11) is 1.51. The standard InChI is InChI=1S/C25H29NO6/c1-18-23(20-11-7-4-8-12-20)32-25(29)26(18)24(28)21(22(27)15-16-31-17-30-2)14-13-19-9-5-3-6-10-19/h3-14,18,21-23,27H,15-17H2,1-2H3/b14-13+/t18-,21-,22+,23-/m1/s1. The highest BCUT2D eigenvalue weighted by molar-refractivity contribution is 5.96. The number of hydrogen-bond acceptors (Lipinski definition) is 6. The van der Waals surface area contributed by atoms with Gasteiger partial charge in [0.2, 0.25) is 5.91 Å². The van der Waals surface area contributed by atoms with Crippen molar-refractivity contribution < 1.29 is 28.9 Å². The summed E-state index contributed by atoms with van der Waals surface area (Å²) < 4.78 is 15.6. The third kappa shape index (κ3) is 5.82. The Kier molecular flexibility index (Phi) is 8.56. The van der Waals surface area contributed by atoms with Crippen molar-refractivity contribution in [3.63, 3.8) is 0 Å². The number of carbonyl (C=O) groups excluding carboxylic acids is 2. The molecule has 4 atom stereocenters. The van der Waals surface area contributed by atoms with Gasteiger partial charge in [0.1, 0.15) is 12.9 Å². The number of ether oxygens (including phenoxy) is 3. The van der Waals surface area contributed by atoms with E-state index < -0.39 is 36.2 Å². The third-order valence-electron chi connectivity index (χ3n) is 5.39. The smallest absolute Gasteiger partial charge is 0.417 e. The van der Waals surface area contributed by atoms with Crippen LogP contribution in [0.1, 0.15) is 30.6 Å². The van der Waals surface area contributed by atoms with Gasteiger partial charge in [-0.2, -0.15) is 0 Å². The van der Waals surface area contributed by atoms with Gasteiger partial charge in [0.25, 0.3) is 0 Å². The van der Waals surface area contributed by atoms with Crippen LogP contribution in [0.25, 0.3) is 6.08 Å². The Morgan fingerprint density at radius 2 is 1.81 bits per heavy atom. The fourth-order valence-corrected chi connectivity index (χ4v) is 3.69. The van der Waals surface area contributed by atoms with Crippen LogP contribution in [0.4, 0.5) is 4.79 Å². The molecule has 1 saturated heterocycles. The molecule has 2 aromatic rings. The number of carbonyl (C=O) groups is 2. The van der Waals surface area contributed by atoms with Crippen LogP contribution in [0.2, 0.25) is 0 Å². The Labute approximate surface area is 188 Å². The number of hydrogen-bond donors (Lipinski definition) is 1. The SMILES string of the molecule is COCOCC[C@H](O)[C@@H](/C=C/c1ccccc1)C(=O)N1C(=O)O[C@@H](c2ccccc2)[C@H]1C. The first-order valence-electron chi connectivity index (χ1n) is 10.6. The number of amides is 2. The topological polar surface area (TPSA) is 85.3 Å². The second-order valence-corrected chi connectivity index (χ2v) is 7.63. The van der Waals surface area contributed by atoms with Crippen LogP contribution in [0.15, 0.2) is 66.7 Å². The van der Waals surface area contributed by atoms with Crippen LogP contribution in [0.5, 0.6) is 0 Å². The number of aliphatic hydroxyl groups is 1. The lowest BCUT2D eigenvalue weighted by atomic mass is 9.95. The molecule has 1 aliphatic rings. The normalized spacial score (nSPS) is 20.3. The number of imide groups is 1. The van der Waals surface area contributed by atoms with Gasteiger partial charge in [-0.3, -0.25) is 4.79 Å². The zero-order chi connectivity index (χ0) is 22.9. The molecule has 1 fully saturated rings. The lowest BCUT2D eigenvalue weighted by Crippen LogP contribution is -2.44. The first-order chi connectivity index (χ1) is 15.5. The molecule has 0 spiro atoms. The molecule has 0 unspecified atom stereocenters. The van der Waals surface area contributed by atoms with Crippen molar-refractivity contribution >= 4 is 18.1 Å². The monoisotopic (exact) mass is 439 g/mol. The molecule has 1 heterocycles. The molecule has 0 saturated carbocycles. The predicted molar refractivity (Wildman–Crippen MR) is 119 cm³/mol. The Hall–Kier alpha value is -3.00. The molecule has 0 radical (unpaired) electrons. The summed E-state index contributed by atoms with van der Waals surface area (Å²) in [5.74, 6) is -1.45. The number of nitrogens with zero attached hydrogens (tertiary/aromatic N) is 1. The van der Waals surface area contributed by atoms with Gasteiger partial charge < -0.3 is 19.3 Å². The van der Waals surface area contributed by atoms with E-state index in [2.05, 4.69) is 0 Å². The maximum Gasteiger partial charge on any atom is 0.417 e. The summed E-state index contributed by atoms with van der Waals surface area (Å²) >= 11 is 0. The lowest BCUT2D eigenvalue weighted by molar-refractivity contribution is -0.135. The van der Waals surface area contributed by atoms with E-state index in [0.717, 1.165) is 16.0 Å². The van der Waals surface area contributed by atoms with Crippen molar-refractivity contribution in [2.75, 3.05) is 20.5 Å². The summed E-state index contributed by atoms with van der Waals surface area (Å²) in [6.45, 7) is 2.08. The van der Waals surface area contributed by atoms with Gasteiger partial charge >= 0.3 is 6.09 Å². The quantitative estimate of drug-likeness (QED) is 0.448. The minimum Gasteiger partial charge on any atom is -0.439 e. The van der Waals surface area contributed by atoms with Gasteiger partial charge in [-0.15, -0.1) is 0 Å². The molecular formula is C25H29NO6. The van der Waals surface area contributed by atoms with Gasteiger partial charge in [0.05, 0.1) is 24.7 Å². The molecule has 0 bridgehead atoms. The number of methoxy groups -OCH3 is 1. The third-order valence-corrected chi connectivity index (χ3v) is 5.39. The van der Waals surface area contributed by atoms with E-state index in [1.54, 1.807) is 19.1 Å². The van der Waals surface area contributed by atoms with Gasteiger partial charge in [-0.1, -0.05) is 72.8 Å². The van der Waals surface area contributed by atoms with Crippen molar-refractivity contribution in [1.82, 2.24) is 4.90 Å². The van der Waals surface area contributed by atoms with E-state index in [1.807, 2.05) is 60.7 Å². The van der Waals surface area contributed by atoms with Crippen LogP contribution in [0, 0.1) is 5.92 Å². The molecular weight excluding hydrogens is 410 g/mol. The van der Waals surface area contributed by atoms with Crippen LogP contribution in [-0.2, 0) is 19.0 Å². The number of cyclic esters (lactones) is 1. The Balaban J connectivity index is 1.80. The molecule has 2 amide bonds. The highest BCUT2D eigenvalue weighted by Crippen LogP contribution is 2.34. The van der Waals surface area contributed by atoms with Gasteiger partial charge in [0, 0.05) is 7.11 Å². The maximum absolute atomic E-state index is 13.4. The maximum atomic E-state index is 13.4. The summed E-state index contributed by atoms with van der Waals surface area (Å²) in [5.41, 5.74) is 1.70. The van der Waals surface area contributed by atoms with Crippen molar-refractivity contribution in [3.8, 4) is 0 Å². The molecule has 1 aliphatic heterocycles. The molecule has 7 heteroatoms. The van der Waals surface area contributed by atoms with Gasteiger partial charge in [-0.25, -0.2) is 9.69 Å². The number of rotatable bonds is 10. The molecule has 7 nitrogen and oxygen atoms in total. The highest BCUT2D eigenvalue weighted by atomic mass is 16.7. The van der Waals surface area contributed by atoms with E-state index in [9.17, 15) is 14.7 Å². The fraction of sp³-hybridized carbons (Fsp3) is 0.360. The average molecular weight is 440 g/mol. The average Bonchev–Trinajstić information content (AvgIpc) is 3.11. The van der Waals surface area contributed by atoms with E-state index in [4.69, 9.17) is 14.2 Å². The van der Waals surface area contributed by atoms with Crippen LogP contribution < -0.4 is 0 Å². The van der Waals surface area contributed by atoms with Crippen molar-refractivity contribution in [2.24, 2.45) is 5.92 Å². The molecule has 1 N–H and O–H groups in total. The number of aliphatic hydroxyl groups excluding tert-OH is 1. The first kappa shape index (κ1) is 23.7. The van der Waals surface area contributed by atoms with Gasteiger partial charge in [-0.05, 0) is 24.5 Å². The van der Waals surface area contributed by atoms with Crippen LogP contribution in [-0.4, -0.2) is 54.7 Å². The van der Waals surface area contributed by atoms with E-state index in [1.165, 1.54) is 7.11 Å². The Morgan fingerprint density at radius 1 is 1.16 bits per heavy atom. The summed E-state index contributed by atoms with van der Waals surface area (Å²) in [6, 6.07) is 18.2. The fourth-order valence-electron chi connectivity index (χ4n) is 3.69. The second kappa shape index (κ2) is 11.6. The van der Waals surface area contributed by atoms with E-state index in [-0.39, 0.29) is 19.8 Å². The number of benzene rings is 2. The lowest BCUT2D eigenvalue weighted by Gasteiger charge is -2.25. The van der Waals surface area contributed by atoms with E-state index >= 15 is 0 Å². The zero-order valence-electron chi connectivity index (χ0n) is 18.3. The van der Waals surface area contributed by atoms with Crippen LogP contribution >= 0.6 is 0 Å². The predicted octanol–water partition coefficient (Wildman–Crippen LogP) is 3.80. The van der Waals surface area contributed by atoms with Crippen LogP contribution in [0.3, 0.4) is 0 Å². The second-order valence-electron chi connectivity index (χ2n) is 7.63. The van der Waals surface area contributed by atoms with E-state index in [0.29, 0.717) is 0 Å². The van der Waals surface area contributed by atoms with Gasteiger partial charge in [0.15, 0.2) is 0 Å². The minimum atomic E-state index is -1.05. The zero-order valence-corrected chi connectivity index (χ0v) is 18.3. The largest absolute Gasteiger partial charge is 0.439 e. The molecule has 3 rings (SSSR count).